The quantitative estimate of drug-likeness (QED) is 0.691. The first kappa shape index (κ1) is 15.2. The molecule has 3 rings (SSSR count). The van der Waals surface area contributed by atoms with Crippen LogP contribution in [-0.4, -0.2) is 17.9 Å². The van der Waals surface area contributed by atoms with Gasteiger partial charge in [0, 0.05) is 29.6 Å². The maximum atomic E-state index is 12.3. The molecule has 3 aromatic rings. The molecule has 0 unspecified atom stereocenters. The zero-order valence-electron chi connectivity index (χ0n) is 12.4. The molecule has 1 N–H and O–H groups in total. The van der Waals surface area contributed by atoms with E-state index in [9.17, 15) is 4.79 Å². The number of H-pyrrole nitrogens is 1. The lowest BCUT2D eigenvalue weighted by atomic mass is 10.1. The van der Waals surface area contributed by atoms with E-state index in [1.807, 2.05) is 12.1 Å². The van der Waals surface area contributed by atoms with Gasteiger partial charge in [-0.05, 0) is 30.3 Å². The second-order valence-corrected chi connectivity index (χ2v) is 5.23. The number of methoxy groups -OCH3 is 1. The highest BCUT2D eigenvalue weighted by atomic mass is 35.5. The van der Waals surface area contributed by atoms with E-state index >= 15 is 0 Å². The predicted molar refractivity (Wildman–Crippen MR) is 88.7 cm³/mol. The Morgan fingerprint density at radius 2 is 1.87 bits per heavy atom. The third-order valence-corrected chi connectivity index (χ3v) is 3.65. The third-order valence-electron chi connectivity index (χ3n) is 3.34. The summed E-state index contributed by atoms with van der Waals surface area (Å²) in [5.41, 5.74) is 0.990. The predicted octanol–water partition coefficient (Wildman–Crippen LogP) is 4.70. The van der Waals surface area contributed by atoms with Crippen molar-refractivity contribution in [2.45, 2.75) is 0 Å². The van der Waals surface area contributed by atoms with Gasteiger partial charge in [-0.15, -0.1) is 0 Å². The van der Waals surface area contributed by atoms with Gasteiger partial charge in [0.25, 0.3) is 0 Å². The maximum absolute atomic E-state index is 12.3. The normalized spacial score (nSPS) is 10.3. The van der Waals surface area contributed by atoms with E-state index in [1.165, 1.54) is 0 Å². The number of para-hydroxylation sites is 2. The average Bonchev–Trinajstić information content (AvgIpc) is 3.09. The number of aromatic amines is 1. The Bertz CT molecular complexity index is 828. The van der Waals surface area contributed by atoms with Crippen molar-refractivity contribution in [3.63, 3.8) is 0 Å². The number of ether oxygens (including phenoxy) is 2. The summed E-state index contributed by atoms with van der Waals surface area (Å²) in [6, 6.07) is 14.0. The molecule has 0 aliphatic heterocycles. The summed E-state index contributed by atoms with van der Waals surface area (Å²) in [5, 5.41) is 0.337. The molecule has 116 valence electrons. The minimum Gasteiger partial charge on any atom is -0.493 e. The SMILES string of the molecule is COc1ccccc1Oc1ccc(C(=O)c2cc[nH]c2)c(Cl)c1. The highest BCUT2D eigenvalue weighted by Gasteiger charge is 2.14. The van der Waals surface area contributed by atoms with Crippen LogP contribution in [0.5, 0.6) is 17.2 Å². The molecule has 2 aromatic carbocycles. The zero-order chi connectivity index (χ0) is 16.2. The van der Waals surface area contributed by atoms with Crippen molar-refractivity contribution in [3.8, 4) is 17.2 Å². The molecule has 5 heteroatoms. The fourth-order valence-corrected chi connectivity index (χ4v) is 2.45. The molecular formula is C18H14ClNO3. The number of carbonyl (C=O) groups is 1. The number of aromatic nitrogens is 1. The molecule has 4 nitrogen and oxygen atoms in total. The Balaban J connectivity index is 1.86. The monoisotopic (exact) mass is 327 g/mol. The van der Waals surface area contributed by atoms with Gasteiger partial charge in [-0.3, -0.25) is 4.79 Å². The largest absolute Gasteiger partial charge is 0.493 e. The molecule has 0 spiro atoms. The molecule has 0 bridgehead atoms. The minimum absolute atomic E-state index is 0.139. The fourth-order valence-electron chi connectivity index (χ4n) is 2.19. The highest BCUT2D eigenvalue weighted by Crippen LogP contribution is 2.33. The van der Waals surface area contributed by atoms with Crippen LogP contribution in [0.1, 0.15) is 15.9 Å². The first-order valence-electron chi connectivity index (χ1n) is 6.97. The van der Waals surface area contributed by atoms with Crippen LogP contribution in [0.25, 0.3) is 0 Å². The van der Waals surface area contributed by atoms with E-state index in [-0.39, 0.29) is 5.78 Å². The van der Waals surface area contributed by atoms with E-state index in [1.54, 1.807) is 55.9 Å². The summed E-state index contributed by atoms with van der Waals surface area (Å²) in [4.78, 5) is 15.2. The number of nitrogens with one attached hydrogen (secondary N) is 1. The highest BCUT2D eigenvalue weighted by molar-refractivity contribution is 6.35. The van der Waals surface area contributed by atoms with Crippen molar-refractivity contribution in [2.75, 3.05) is 7.11 Å². The first-order chi connectivity index (χ1) is 11.2. The summed E-state index contributed by atoms with van der Waals surface area (Å²) >= 11 is 6.24. The smallest absolute Gasteiger partial charge is 0.196 e. The van der Waals surface area contributed by atoms with Gasteiger partial charge in [0.15, 0.2) is 17.3 Å². The first-order valence-corrected chi connectivity index (χ1v) is 7.35. The molecule has 0 saturated carbocycles. The van der Waals surface area contributed by atoms with Gasteiger partial charge in [-0.2, -0.15) is 0 Å². The molecule has 1 heterocycles. The Hall–Kier alpha value is -2.72. The van der Waals surface area contributed by atoms with Crippen molar-refractivity contribution in [1.29, 1.82) is 0 Å². The molecule has 0 fully saturated rings. The fraction of sp³-hybridized carbons (Fsp3) is 0.0556. The lowest BCUT2D eigenvalue weighted by Crippen LogP contribution is -2.01. The molecule has 0 aliphatic carbocycles. The van der Waals surface area contributed by atoms with Gasteiger partial charge < -0.3 is 14.5 Å². The standard InChI is InChI=1S/C18H14ClNO3/c1-22-16-4-2-3-5-17(16)23-13-6-7-14(15(19)10-13)18(21)12-8-9-20-11-12/h2-11,20H,1H3. The summed E-state index contributed by atoms with van der Waals surface area (Å²) in [6.07, 6.45) is 3.33. The van der Waals surface area contributed by atoms with Crippen molar-refractivity contribution in [3.05, 3.63) is 77.1 Å². The Kier molecular flexibility index (Phi) is 4.35. The second kappa shape index (κ2) is 6.58. The van der Waals surface area contributed by atoms with E-state index in [0.717, 1.165) is 0 Å². The van der Waals surface area contributed by atoms with Gasteiger partial charge in [0.1, 0.15) is 5.75 Å². The van der Waals surface area contributed by atoms with Crippen molar-refractivity contribution in [1.82, 2.24) is 4.98 Å². The van der Waals surface area contributed by atoms with Gasteiger partial charge in [0.05, 0.1) is 12.1 Å². The molecule has 0 amide bonds. The number of carbonyl (C=O) groups excluding carboxylic acids is 1. The Labute approximate surface area is 138 Å². The molecule has 0 radical (unpaired) electrons. The number of rotatable bonds is 5. The summed E-state index contributed by atoms with van der Waals surface area (Å²) in [7, 11) is 1.58. The number of ketones is 1. The topological polar surface area (TPSA) is 51.3 Å². The van der Waals surface area contributed by atoms with Crippen LogP contribution < -0.4 is 9.47 Å². The second-order valence-electron chi connectivity index (χ2n) is 4.82. The maximum Gasteiger partial charge on any atom is 0.196 e. The van der Waals surface area contributed by atoms with Gasteiger partial charge in [-0.25, -0.2) is 0 Å². The number of hydrogen-bond acceptors (Lipinski definition) is 3. The van der Waals surface area contributed by atoms with Crippen LogP contribution in [0.3, 0.4) is 0 Å². The number of benzene rings is 2. The zero-order valence-corrected chi connectivity index (χ0v) is 13.1. The summed E-state index contributed by atoms with van der Waals surface area (Å²) in [5.74, 6) is 1.59. The molecule has 23 heavy (non-hydrogen) atoms. The lowest BCUT2D eigenvalue weighted by molar-refractivity contribution is 0.103. The number of halogens is 1. The van der Waals surface area contributed by atoms with Crippen LogP contribution in [0.15, 0.2) is 60.9 Å². The van der Waals surface area contributed by atoms with Gasteiger partial charge in [-0.1, -0.05) is 23.7 Å². The van der Waals surface area contributed by atoms with Crippen LogP contribution in [0.4, 0.5) is 0 Å². The number of hydrogen-bond donors (Lipinski definition) is 1. The minimum atomic E-state index is -0.139. The molecule has 0 atom stereocenters. The van der Waals surface area contributed by atoms with E-state index < -0.39 is 0 Å². The van der Waals surface area contributed by atoms with E-state index in [2.05, 4.69) is 4.98 Å². The van der Waals surface area contributed by atoms with Crippen molar-refractivity contribution in [2.24, 2.45) is 0 Å². The van der Waals surface area contributed by atoms with E-state index in [0.29, 0.717) is 33.4 Å². The van der Waals surface area contributed by atoms with Gasteiger partial charge >= 0.3 is 0 Å². The molecule has 0 saturated heterocycles. The van der Waals surface area contributed by atoms with E-state index in [4.69, 9.17) is 21.1 Å². The van der Waals surface area contributed by atoms with Crippen molar-refractivity contribution < 1.29 is 14.3 Å². The van der Waals surface area contributed by atoms with Crippen molar-refractivity contribution >= 4 is 17.4 Å². The van der Waals surface area contributed by atoms with Crippen LogP contribution in [-0.2, 0) is 0 Å². The summed E-state index contributed by atoms with van der Waals surface area (Å²) in [6.45, 7) is 0. The summed E-state index contributed by atoms with van der Waals surface area (Å²) < 4.78 is 11.0. The molecular weight excluding hydrogens is 314 g/mol. The molecule has 1 aromatic heterocycles. The average molecular weight is 328 g/mol. The Morgan fingerprint density at radius 3 is 2.52 bits per heavy atom. The third kappa shape index (κ3) is 3.22. The lowest BCUT2D eigenvalue weighted by Gasteiger charge is -2.11. The molecule has 0 aliphatic rings. The van der Waals surface area contributed by atoms with Crippen LogP contribution in [0, 0.1) is 0 Å². The van der Waals surface area contributed by atoms with Gasteiger partial charge in [0.2, 0.25) is 0 Å². The van der Waals surface area contributed by atoms with Crippen LogP contribution in [0.2, 0.25) is 5.02 Å². The van der Waals surface area contributed by atoms with Crippen LogP contribution >= 0.6 is 11.6 Å². The Morgan fingerprint density at radius 1 is 1.09 bits per heavy atom.